The van der Waals surface area contributed by atoms with Gasteiger partial charge in [-0.2, -0.15) is 0 Å². The van der Waals surface area contributed by atoms with E-state index < -0.39 is 16.7 Å². The molecule has 0 atom stereocenters. The molecule has 3 aromatic rings. The van der Waals surface area contributed by atoms with Gasteiger partial charge in [-0.05, 0) is 48.5 Å². The summed E-state index contributed by atoms with van der Waals surface area (Å²) in [6, 6.07) is 12.4. The lowest BCUT2D eigenvalue weighted by atomic mass is 9.82. The second kappa shape index (κ2) is 10.7. The van der Waals surface area contributed by atoms with E-state index in [2.05, 4.69) is 16.0 Å². The van der Waals surface area contributed by atoms with Gasteiger partial charge >= 0.3 is 6.03 Å². The molecular weight excluding hydrogens is 564 g/mol. The molecule has 0 saturated carbocycles. The Morgan fingerprint density at radius 3 is 2.63 bits per heavy atom. The number of ether oxygens (including phenoxy) is 1. The SMILES string of the molecule is CCNC(=O)Nc1sc2ccccc2c1C(=O)N1CCC2(CC1)CC(=O)c1cc(/C=C3\SC(=O)NC3=O)ccc1O2. The standard InChI is InChI=1S/C29H26N4O6S2/c1-2-30-27(37)32-25-23(17-5-3-4-6-21(17)40-25)26(36)33-11-9-29(10-12-33)15-19(34)18-13-16(7-8-20(18)39-29)14-22-24(35)31-28(38)41-22/h3-8,13-14H,2,9-12,15H2,1H3,(H2,30,32,37)(H,31,35,38)/b22-14-. The van der Waals surface area contributed by atoms with Gasteiger partial charge in [0.05, 0.1) is 22.5 Å². The molecule has 2 saturated heterocycles. The van der Waals surface area contributed by atoms with Gasteiger partial charge in [-0.1, -0.05) is 24.3 Å². The first kappa shape index (κ1) is 27.0. The smallest absolute Gasteiger partial charge is 0.319 e. The molecule has 10 nitrogen and oxygen atoms in total. The number of hydrogen-bond acceptors (Lipinski definition) is 8. The van der Waals surface area contributed by atoms with E-state index in [1.807, 2.05) is 31.2 Å². The van der Waals surface area contributed by atoms with Crippen LogP contribution in [0.5, 0.6) is 5.75 Å². The van der Waals surface area contributed by atoms with Crippen LogP contribution in [-0.4, -0.2) is 59.0 Å². The van der Waals surface area contributed by atoms with Gasteiger partial charge in [0.2, 0.25) is 0 Å². The highest BCUT2D eigenvalue weighted by atomic mass is 32.2. The zero-order chi connectivity index (χ0) is 28.7. The number of nitrogens with one attached hydrogen (secondary N) is 3. The van der Waals surface area contributed by atoms with Gasteiger partial charge in [0, 0.05) is 42.6 Å². The summed E-state index contributed by atoms with van der Waals surface area (Å²) < 4.78 is 7.31. The van der Waals surface area contributed by atoms with Crippen molar-refractivity contribution in [3.63, 3.8) is 0 Å². The van der Waals surface area contributed by atoms with Gasteiger partial charge in [-0.3, -0.25) is 29.8 Å². The van der Waals surface area contributed by atoms with Crippen molar-refractivity contribution in [1.29, 1.82) is 0 Å². The van der Waals surface area contributed by atoms with E-state index in [9.17, 15) is 24.0 Å². The number of fused-ring (bicyclic) bond motifs is 2. The van der Waals surface area contributed by atoms with E-state index in [0.29, 0.717) is 59.9 Å². The molecule has 0 bridgehead atoms. The number of thioether (sulfide) groups is 1. The summed E-state index contributed by atoms with van der Waals surface area (Å²) in [6.45, 7) is 3.09. The van der Waals surface area contributed by atoms with Crippen molar-refractivity contribution in [2.45, 2.75) is 31.8 Å². The number of ketones is 1. The molecule has 4 heterocycles. The molecule has 6 rings (SSSR count). The summed E-state index contributed by atoms with van der Waals surface area (Å²) in [5.41, 5.74) is 0.817. The number of Topliss-reactive ketones (excluding diaryl/α,β-unsaturated/α-hetero) is 1. The van der Waals surface area contributed by atoms with Crippen molar-refractivity contribution in [3.8, 4) is 5.75 Å². The minimum atomic E-state index is -0.715. The average Bonchev–Trinajstić information content (AvgIpc) is 3.46. The van der Waals surface area contributed by atoms with Gasteiger partial charge in [0.25, 0.3) is 17.1 Å². The summed E-state index contributed by atoms with van der Waals surface area (Å²) in [4.78, 5) is 64.7. The van der Waals surface area contributed by atoms with Crippen LogP contribution < -0.4 is 20.7 Å². The van der Waals surface area contributed by atoms with E-state index in [1.54, 1.807) is 29.2 Å². The molecule has 1 aromatic heterocycles. The van der Waals surface area contributed by atoms with Gasteiger partial charge in [0.1, 0.15) is 16.4 Å². The third kappa shape index (κ3) is 5.20. The normalized spacial score (nSPS) is 18.8. The van der Waals surface area contributed by atoms with E-state index in [4.69, 9.17) is 4.74 Å². The summed E-state index contributed by atoms with van der Waals surface area (Å²) >= 11 is 2.18. The molecule has 0 radical (unpaired) electrons. The predicted molar refractivity (Wildman–Crippen MR) is 158 cm³/mol. The Labute approximate surface area is 243 Å². The molecule has 2 fully saturated rings. The van der Waals surface area contributed by atoms with Gasteiger partial charge in [0.15, 0.2) is 5.78 Å². The monoisotopic (exact) mass is 590 g/mol. The number of piperidine rings is 1. The number of imide groups is 1. The van der Waals surface area contributed by atoms with Crippen LogP contribution in [0.25, 0.3) is 16.2 Å². The lowest BCUT2D eigenvalue weighted by molar-refractivity contribution is -0.115. The van der Waals surface area contributed by atoms with E-state index in [0.717, 1.165) is 21.8 Å². The first-order valence-corrected chi connectivity index (χ1v) is 14.9. The van der Waals surface area contributed by atoms with Gasteiger partial charge in [-0.15, -0.1) is 11.3 Å². The number of urea groups is 1. The molecule has 1 spiro atoms. The van der Waals surface area contributed by atoms with Gasteiger partial charge < -0.3 is 15.0 Å². The fourth-order valence-electron chi connectivity index (χ4n) is 5.38. The number of carbonyl (C=O) groups excluding carboxylic acids is 5. The lowest BCUT2D eigenvalue weighted by Crippen LogP contribution is -2.52. The summed E-state index contributed by atoms with van der Waals surface area (Å²) in [7, 11) is 0. The quantitative estimate of drug-likeness (QED) is 0.364. The molecule has 0 aliphatic carbocycles. The van der Waals surface area contributed by atoms with Crippen LogP contribution in [-0.2, 0) is 4.79 Å². The van der Waals surface area contributed by atoms with Crippen molar-refractivity contribution in [1.82, 2.24) is 15.5 Å². The number of amides is 5. The lowest BCUT2D eigenvalue weighted by Gasteiger charge is -2.44. The van der Waals surface area contributed by atoms with Crippen molar-refractivity contribution in [3.05, 3.63) is 64.1 Å². The van der Waals surface area contributed by atoms with E-state index in [1.165, 1.54) is 11.3 Å². The molecule has 12 heteroatoms. The Hall–Kier alpha value is -4.16. The Morgan fingerprint density at radius 2 is 1.90 bits per heavy atom. The van der Waals surface area contributed by atoms with Crippen LogP contribution >= 0.6 is 23.1 Å². The zero-order valence-corrected chi connectivity index (χ0v) is 23.7. The van der Waals surface area contributed by atoms with Crippen LogP contribution in [0.1, 0.15) is 52.5 Å². The first-order chi connectivity index (χ1) is 19.7. The number of thiophene rings is 1. The summed E-state index contributed by atoms with van der Waals surface area (Å²) in [6.07, 6.45) is 2.73. The van der Waals surface area contributed by atoms with Crippen molar-refractivity contribution < 1.29 is 28.7 Å². The molecule has 3 N–H and O–H groups in total. The van der Waals surface area contributed by atoms with Crippen molar-refractivity contribution in [2.75, 3.05) is 25.0 Å². The maximum atomic E-state index is 13.8. The Balaban J connectivity index is 1.19. The second-order valence-corrected chi connectivity index (χ2v) is 12.1. The zero-order valence-electron chi connectivity index (χ0n) is 22.1. The van der Waals surface area contributed by atoms with Crippen LogP contribution in [0.15, 0.2) is 47.4 Å². The largest absolute Gasteiger partial charge is 0.486 e. The maximum absolute atomic E-state index is 13.8. The highest BCUT2D eigenvalue weighted by molar-refractivity contribution is 8.18. The number of nitrogens with zero attached hydrogens (tertiary/aromatic N) is 1. The molecule has 0 unspecified atom stereocenters. The summed E-state index contributed by atoms with van der Waals surface area (Å²) in [5, 5.41) is 8.63. The van der Waals surface area contributed by atoms with Gasteiger partial charge in [-0.25, -0.2) is 4.79 Å². The highest BCUT2D eigenvalue weighted by Crippen LogP contribution is 2.42. The molecule has 5 amide bonds. The topological polar surface area (TPSA) is 134 Å². The minimum Gasteiger partial charge on any atom is -0.486 e. The number of anilines is 1. The predicted octanol–water partition coefficient (Wildman–Crippen LogP) is 5.01. The third-order valence-electron chi connectivity index (χ3n) is 7.39. The minimum absolute atomic E-state index is 0.0665. The number of likely N-dealkylation sites (tertiary alicyclic amines) is 1. The molecule has 3 aliphatic rings. The number of hydrogen-bond donors (Lipinski definition) is 3. The Morgan fingerprint density at radius 1 is 1.12 bits per heavy atom. The van der Waals surface area contributed by atoms with E-state index >= 15 is 0 Å². The Kier molecular flexibility index (Phi) is 7.04. The van der Waals surface area contributed by atoms with E-state index in [-0.39, 0.29) is 29.0 Å². The second-order valence-electron chi connectivity index (χ2n) is 10.1. The summed E-state index contributed by atoms with van der Waals surface area (Å²) in [5.74, 6) is -0.220. The van der Waals surface area contributed by atoms with Crippen LogP contribution in [0.2, 0.25) is 0 Å². The van der Waals surface area contributed by atoms with Crippen LogP contribution in [0.3, 0.4) is 0 Å². The number of rotatable bonds is 4. The fourth-order valence-corrected chi connectivity index (χ4v) is 7.15. The van der Waals surface area contributed by atoms with Crippen molar-refractivity contribution in [2.24, 2.45) is 0 Å². The molecule has 210 valence electrons. The Bertz CT molecular complexity index is 1650. The molecule has 41 heavy (non-hydrogen) atoms. The molecular formula is C29H26N4O6S2. The van der Waals surface area contributed by atoms with Crippen LogP contribution in [0.4, 0.5) is 14.6 Å². The molecule has 2 aromatic carbocycles. The highest BCUT2D eigenvalue weighted by Gasteiger charge is 2.44. The third-order valence-corrected chi connectivity index (χ3v) is 9.29. The first-order valence-electron chi connectivity index (χ1n) is 13.2. The van der Waals surface area contributed by atoms with Crippen LogP contribution in [0, 0.1) is 0 Å². The number of carbonyl (C=O) groups is 5. The number of benzene rings is 2. The fraction of sp³-hybridized carbons (Fsp3) is 0.276. The van der Waals surface area contributed by atoms with Crippen molar-refractivity contribution >= 4 is 73.1 Å². The maximum Gasteiger partial charge on any atom is 0.319 e. The molecule has 3 aliphatic heterocycles. The average molecular weight is 591 g/mol.